The van der Waals surface area contributed by atoms with E-state index in [1.807, 2.05) is 0 Å². The predicted octanol–water partition coefficient (Wildman–Crippen LogP) is 1.33. The number of rotatable bonds is 5. The molecule has 0 radical (unpaired) electrons. The lowest BCUT2D eigenvalue weighted by Crippen LogP contribution is -2.19. The van der Waals surface area contributed by atoms with E-state index >= 15 is 0 Å². The van der Waals surface area contributed by atoms with Crippen LogP contribution in [0.25, 0.3) is 0 Å². The molecule has 0 aliphatic rings. The summed E-state index contributed by atoms with van der Waals surface area (Å²) in [5, 5.41) is 9.35. The van der Waals surface area contributed by atoms with Crippen LogP contribution in [0.15, 0.2) is 33.9 Å². The van der Waals surface area contributed by atoms with E-state index in [1.54, 1.807) is 24.3 Å². The number of carbonyl (C=O) groups is 1. The molecule has 1 amide bonds. The van der Waals surface area contributed by atoms with Gasteiger partial charge in [0.2, 0.25) is 21.6 Å². The summed E-state index contributed by atoms with van der Waals surface area (Å²) in [6, 6.07) is 6.60. The monoisotopic (exact) mass is 329 g/mol. The van der Waals surface area contributed by atoms with Crippen molar-refractivity contribution in [3.05, 3.63) is 40.7 Å². The van der Waals surface area contributed by atoms with Crippen LogP contribution >= 0.6 is 11.6 Å². The molecule has 1 aromatic heterocycles. The van der Waals surface area contributed by atoms with Gasteiger partial charge in [0.25, 0.3) is 0 Å². The molecule has 2 aromatic rings. The Morgan fingerprint density at radius 2 is 2.05 bits per heavy atom. The van der Waals surface area contributed by atoms with E-state index in [4.69, 9.17) is 16.0 Å². The van der Waals surface area contributed by atoms with Gasteiger partial charge in [-0.3, -0.25) is 4.79 Å². The number of amides is 1. The number of halogens is 1. The Kier molecular flexibility index (Phi) is 4.59. The van der Waals surface area contributed by atoms with E-state index in [9.17, 15) is 13.2 Å². The second-order valence-corrected chi connectivity index (χ2v) is 6.50. The van der Waals surface area contributed by atoms with Gasteiger partial charge in [0.1, 0.15) is 0 Å². The first-order chi connectivity index (χ1) is 9.88. The Morgan fingerprint density at radius 1 is 1.33 bits per heavy atom. The van der Waals surface area contributed by atoms with Crippen molar-refractivity contribution in [2.45, 2.75) is 24.4 Å². The van der Waals surface area contributed by atoms with Crippen LogP contribution in [0.3, 0.4) is 0 Å². The molecule has 0 saturated heterocycles. The van der Waals surface area contributed by atoms with Crippen LogP contribution < -0.4 is 5.32 Å². The Balaban J connectivity index is 2.17. The second kappa shape index (κ2) is 6.23. The third kappa shape index (κ3) is 4.02. The normalized spacial score (nSPS) is 11.3. The molecule has 0 saturated carbocycles. The van der Waals surface area contributed by atoms with Crippen LogP contribution in [0.2, 0.25) is 5.02 Å². The SMILES string of the molecule is CC(=O)NCc1nnc(S(=O)(=O)Cc2ccccc2Cl)o1. The molecular weight excluding hydrogens is 318 g/mol. The van der Waals surface area contributed by atoms with Crippen molar-refractivity contribution in [2.24, 2.45) is 0 Å². The average Bonchev–Trinajstić information content (AvgIpc) is 2.88. The molecule has 9 heteroatoms. The Labute approximate surface area is 126 Å². The van der Waals surface area contributed by atoms with Gasteiger partial charge in [-0.2, -0.15) is 0 Å². The minimum Gasteiger partial charge on any atom is -0.411 e. The summed E-state index contributed by atoms with van der Waals surface area (Å²) in [6.07, 6.45) is 0. The average molecular weight is 330 g/mol. The van der Waals surface area contributed by atoms with Gasteiger partial charge in [0.15, 0.2) is 0 Å². The molecule has 112 valence electrons. The van der Waals surface area contributed by atoms with Crippen LogP contribution in [-0.2, 0) is 26.9 Å². The van der Waals surface area contributed by atoms with Gasteiger partial charge in [0.05, 0.1) is 12.3 Å². The van der Waals surface area contributed by atoms with Crippen LogP contribution in [0, 0.1) is 0 Å². The zero-order chi connectivity index (χ0) is 15.5. The van der Waals surface area contributed by atoms with Gasteiger partial charge >= 0.3 is 5.22 Å². The molecule has 0 fully saturated rings. The van der Waals surface area contributed by atoms with E-state index < -0.39 is 15.1 Å². The highest BCUT2D eigenvalue weighted by atomic mass is 35.5. The zero-order valence-corrected chi connectivity index (χ0v) is 12.6. The molecule has 1 heterocycles. The molecule has 0 unspecified atom stereocenters. The van der Waals surface area contributed by atoms with Crippen LogP contribution in [-0.4, -0.2) is 24.5 Å². The minimum absolute atomic E-state index is 0.0166. The fourth-order valence-electron chi connectivity index (χ4n) is 1.52. The standard InChI is InChI=1S/C12H12ClN3O4S/c1-8(17)14-6-11-15-16-12(20-11)21(18,19)7-9-4-2-3-5-10(9)13/h2-5H,6-7H2,1H3,(H,14,17). The lowest BCUT2D eigenvalue weighted by Gasteiger charge is -2.02. The number of aromatic nitrogens is 2. The number of nitrogens with zero attached hydrogens (tertiary/aromatic N) is 2. The number of hydrogen-bond acceptors (Lipinski definition) is 6. The van der Waals surface area contributed by atoms with Crippen molar-refractivity contribution in [3.63, 3.8) is 0 Å². The number of benzene rings is 1. The van der Waals surface area contributed by atoms with Crippen LogP contribution in [0.4, 0.5) is 0 Å². The first kappa shape index (κ1) is 15.5. The number of hydrogen-bond donors (Lipinski definition) is 1. The first-order valence-electron chi connectivity index (χ1n) is 5.91. The van der Waals surface area contributed by atoms with Crippen molar-refractivity contribution < 1.29 is 17.6 Å². The molecule has 0 spiro atoms. The Bertz CT molecular complexity index is 757. The van der Waals surface area contributed by atoms with Crippen LogP contribution in [0.5, 0.6) is 0 Å². The summed E-state index contributed by atoms with van der Waals surface area (Å²) in [4.78, 5) is 10.8. The maximum Gasteiger partial charge on any atom is 0.335 e. The molecule has 21 heavy (non-hydrogen) atoms. The maximum atomic E-state index is 12.2. The molecule has 1 N–H and O–H groups in total. The summed E-state index contributed by atoms with van der Waals surface area (Å²) in [5.41, 5.74) is 0.445. The second-order valence-electron chi connectivity index (χ2n) is 4.22. The van der Waals surface area contributed by atoms with E-state index in [0.29, 0.717) is 10.6 Å². The summed E-state index contributed by atoms with van der Waals surface area (Å²) in [5.74, 6) is -0.606. The fraction of sp³-hybridized carbons (Fsp3) is 0.250. The summed E-state index contributed by atoms with van der Waals surface area (Å²) < 4.78 is 29.4. The topological polar surface area (TPSA) is 102 Å². The quantitative estimate of drug-likeness (QED) is 0.887. The van der Waals surface area contributed by atoms with Gasteiger partial charge in [-0.15, -0.1) is 5.10 Å². The van der Waals surface area contributed by atoms with Gasteiger partial charge in [-0.25, -0.2) is 8.42 Å². The van der Waals surface area contributed by atoms with Gasteiger partial charge in [-0.1, -0.05) is 34.9 Å². The van der Waals surface area contributed by atoms with E-state index in [-0.39, 0.29) is 24.1 Å². The van der Waals surface area contributed by atoms with E-state index in [0.717, 1.165) is 0 Å². The lowest BCUT2D eigenvalue weighted by molar-refractivity contribution is -0.119. The smallest absolute Gasteiger partial charge is 0.335 e. The summed E-state index contributed by atoms with van der Waals surface area (Å²) >= 11 is 5.93. The molecule has 0 aliphatic carbocycles. The fourth-order valence-corrected chi connectivity index (χ4v) is 2.97. The largest absolute Gasteiger partial charge is 0.411 e. The summed E-state index contributed by atoms with van der Waals surface area (Å²) in [7, 11) is -3.79. The van der Waals surface area contributed by atoms with Gasteiger partial charge in [0, 0.05) is 11.9 Å². The van der Waals surface area contributed by atoms with Crippen molar-refractivity contribution in [2.75, 3.05) is 0 Å². The highest BCUT2D eigenvalue weighted by Gasteiger charge is 2.24. The molecule has 0 bridgehead atoms. The van der Waals surface area contributed by atoms with Gasteiger partial charge < -0.3 is 9.73 Å². The molecule has 7 nitrogen and oxygen atoms in total. The molecule has 0 atom stereocenters. The Morgan fingerprint density at radius 3 is 2.71 bits per heavy atom. The number of carbonyl (C=O) groups excluding carboxylic acids is 1. The highest BCUT2D eigenvalue weighted by molar-refractivity contribution is 7.90. The van der Waals surface area contributed by atoms with Crippen molar-refractivity contribution >= 4 is 27.3 Å². The zero-order valence-electron chi connectivity index (χ0n) is 11.0. The van der Waals surface area contributed by atoms with Gasteiger partial charge in [-0.05, 0) is 11.6 Å². The third-order valence-electron chi connectivity index (χ3n) is 2.51. The number of sulfone groups is 1. The van der Waals surface area contributed by atoms with Crippen LogP contribution in [0.1, 0.15) is 18.4 Å². The van der Waals surface area contributed by atoms with E-state index in [1.165, 1.54) is 6.92 Å². The third-order valence-corrected chi connectivity index (χ3v) is 4.26. The highest BCUT2D eigenvalue weighted by Crippen LogP contribution is 2.21. The molecule has 1 aromatic carbocycles. The number of nitrogens with one attached hydrogen (secondary N) is 1. The Hall–Kier alpha value is -1.93. The molecular formula is C12H12ClN3O4S. The van der Waals surface area contributed by atoms with Crippen molar-refractivity contribution in [3.8, 4) is 0 Å². The molecule has 2 rings (SSSR count). The summed E-state index contributed by atoms with van der Waals surface area (Å²) in [6.45, 7) is 1.30. The van der Waals surface area contributed by atoms with Crippen molar-refractivity contribution in [1.82, 2.24) is 15.5 Å². The lowest BCUT2D eigenvalue weighted by atomic mass is 10.2. The molecule has 0 aliphatic heterocycles. The minimum atomic E-state index is -3.79. The predicted molar refractivity (Wildman–Crippen MR) is 74.2 cm³/mol. The maximum absolute atomic E-state index is 12.2. The first-order valence-corrected chi connectivity index (χ1v) is 7.94. The van der Waals surface area contributed by atoms with Crippen molar-refractivity contribution in [1.29, 1.82) is 0 Å². The van der Waals surface area contributed by atoms with E-state index in [2.05, 4.69) is 15.5 Å².